The second kappa shape index (κ2) is 7.63. The van der Waals surface area contributed by atoms with Crippen molar-refractivity contribution in [1.82, 2.24) is 4.98 Å². The molecule has 0 spiro atoms. The average molecular weight is 370 g/mol. The summed E-state index contributed by atoms with van der Waals surface area (Å²) < 4.78 is 6.18. The molecule has 1 aromatic heterocycles. The molecule has 1 amide bonds. The number of benzene rings is 1. The molecule has 5 nitrogen and oxygen atoms in total. The molecule has 1 atom stereocenters. The number of hydrogen-bond donors (Lipinski definition) is 2. The van der Waals surface area contributed by atoms with Gasteiger partial charge in [-0.1, -0.05) is 22.0 Å². The second-order valence-electron chi connectivity index (χ2n) is 4.42. The van der Waals surface area contributed by atoms with Gasteiger partial charge >= 0.3 is 0 Å². The monoisotopic (exact) mass is 369 g/mol. The Morgan fingerprint density at radius 3 is 3.10 bits per heavy atom. The molecule has 1 heterocycles. The van der Waals surface area contributed by atoms with Gasteiger partial charge in [0.1, 0.15) is 6.26 Å². The van der Waals surface area contributed by atoms with Crippen LogP contribution >= 0.6 is 27.7 Å². The Balaban J connectivity index is 2.02. The van der Waals surface area contributed by atoms with Gasteiger partial charge in [0.05, 0.1) is 6.04 Å². The highest BCUT2D eigenvalue weighted by atomic mass is 79.9. The molecule has 112 valence electrons. The van der Waals surface area contributed by atoms with E-state index in [4.69, 9.17) is 10.2 Å². The van der Waals surface area contributed by atoms with Gasteiger partial charge in [0.15, 0.2) is 5.69 Å². The average Bonchev–Trinajstić information content (AvgIpc) is 2.94. The number of anilines is 1. The normalized spacial score (nSPS) is 12.1. The zero-order chi connectivity index (χ0) is 15.2. The third kappa shape index (κ3) is 4.59. The molecule has 2 rings (SSSR count). The van der Waals surface area contributed by atoms with Crippen LogP contribution in [0.25, 0.3) is 0 Å². The fourth-order valence-electron chi connectivity index (χ4n) is 1.69. The van der Waals surface area contributed by atoms with E-state index in [1.165, 1.54) is 6.26 Å². The fourth-order valence-corrected chi connectivity index (χ4v) is 2.58. The lowest BCUT2D eigenvalue weighted by molar-refractivity contribution is 0.102. The number of nitrogens with two attached hydrogens (primary N) is 1. The number of oxazole rings is 1. The minimum Gasteiger partial charge on any atom is -0.446 e. The Morgan fingerprint density at radius 2 is 2.38 bits per heavy atom. The van der Waals surface area contributed by atoms with Crippen LogP contribution < -0.4 is 11.1 Å². The maximum atomic E-state index is 12.1. The summed E-state index contributed by atoms with van der Waals surface area (Å²) in [6.07, 6.45) is 4.11. The number of aromatic nitrogens is 1. The smallest absolute Gasteiger partial charge is 0.277 e. The molecule has 21 heavy (non-hydrogen) atoms. The highest BCUT2D eigenvalue weighted by Gasteiger charge is 2.17. The maximum absolute atomic E-state index is 12.1. The number of nitrogens with one attached hydrogen (secondary N) is 1. The van der Waals surface area contributed by atoms with Gasteiger partial charge in [-0.25, -0.2) is 4.98 Å². The first-order valence-electron chi connectivity index (χ1n) is 6.37. The predicted molar refractivity (Wildman–Crippen MR) is 88.5 cm³/mol. The van der Waals surface area contributed by atoms with Crippen LogP contribution in [0.3, 0.4) is 0 Å². The van der Waals surface area contributed by atoms with Crippen molar-refractivity contribution in [3.63, 3.8) is 0 Å². The van der Waals surface area contributed by atoms with E-state index in [2.05, 4.69) is 26.2 Å². The van der Waals surface area contributed by atoms with Crippen LogP contribution in [0.15, 0.2) is 39.4 Å². The highest BCUT2D eigenvalue weighted by Crippen LogP contribution is 2.18. The number of carbonyl (C=O) groups is 1. The number of rotatable bonds is 6. The molecular formula is C14H16BrN3O2S. The lowest BCUT2D eigenvalue weighted by Gasteiger charge is -2.05. The molecule has 0 aliphatic heterocycles. The van der Waals surface area contributed by atoms with Crippen molar-refractivity contribution in [2.75, 3.05) is 17.3 Å². The molecular weight excluding hydrogens is 354 g/mol. The molecule has 0 fully saturated rings. The largest absolute Gasteiger partial charge is 0.446 e. The summed E-state index contributed by atoms with van der Waals surface area (Å²) in [5, 5.41) is 2.76. The van der Waals surface area contributed by atoms with Crippen LogP contribution in [0.4, 0.5) is 5.69 Å². The Bertz CT molecular complexity index is 618. The molecule has 2 aromatic rings. The molecule has 1 unspecified atom stereocenters. The standard InChI is InChI=1S/C14H16BrN3O2S/c1-21-6-5-11(16)14-18-12(8-20-14)13(19)17-10-4-2-3-9(15)7-10/h2-4,7-8,11H,5-6,16H2,1H3,(H,17,19). The number of hydrogen-bond acceptors (Lipinski definition) is 5. The van der Waals surface area contributed by atoms with Crippen molar-refractivity contribution in [2.24, 2.45) is 5.73 Å². The van der Waals surface area contributed by atoms with E-state index in [-0.39, 0.29) is 17.6 Å². The first kappa shape index (κ1) is 16.1. The van der Waals surface area contributed by atoms with Crippen LogP contribution in [0.5, 0.6) is 0 Å². The van der Waals surface area contributed by atoms with E-state index in [0.717, 1.165) is 16.6 Å². The lowest BCUT2D eigenvalue weighted by atomic mass is 10.2. The molecule has 1 aromatic carbocycles. The summed E-state index contributed by atoms with van der Waals surface area (Å²) in [5.74, 6) is 0.993. The van der Waals surface area contributed by atoms with Gasteiger partial charge in [-0.2, -0.15) is 11.8 Å². The summed E-state index contributed by atoms with van der Waals surface area (Å²) in [4.78, 5) is 16.2. The molecule has 0 radical (unpaired) electrons. The summed E-state index contributed by atoms with van der Waals surface area (Å²) in [6.45, 7) is 0. The number of amides is 1. The zero-order valence-corrected chi connectivity index (χ0v) is 13.9. The van der Waals surface area contributed by atoms with E-state index < -0.39 is 0 Å². The SMILES string of the molecule is CSCCC(N)c1nc(C(=O)Nc2cccc(Br)c2)co1. The van der Waals surface area contributed by atoms with E-state index in [9.17, 15) is 4.79 Å². The van der Waals surface area contributed by atoms with E-state index >= 15 is 0 Å². The van der Waals surface area contributed by atoms with Gasteiger partial charge in [-0.15, -0.1) is 0 Å². The van der Waals surface area contributed by atoms with Gasteiger partial charge in [0.2, 0.25) is 5.89 Å². The molecule has 3 N–H and O–H groups in total. The topological polar surface area (TPSA) is 81.1 Å². The van der Waals surface area contributed by atoms with Crippen molar-refractivity contribution >= 4 is 39.3 Å². The van der Waals surface area contributed by atoms with Crippen molar-refractivity contribution in [3.8, 4) is 0 Å². The highest BCUT2D eigenvalue weighted by molar-refractivity contribution is 9.10. The van der Waals surface area contributed by atoms with Crippen molar-refractivity contribution in [3.05, 3.63) is 46.6 Å². The number of carbonyl (C=O) groups excluding carboxylic acids is 1. The van der Waals surface area contributed by atoms with E-state index in [1.54, 1.807) is 17.8 Å². The number of halogens is 1. The van der Waals surface area contributed by atoms with E-state index in [1.807, 2.05) is 24.5 Å². The quantitative estimate of drug-likeness (QED) is 0.814. The Labute approximate surface area is 135 Å². The van der Waals surface area contributed by atoms with Gasteiger partial charge in [-0.05, 0) is 36.6 Å². The van der Waals surface area contributed by atoms with Crippen LogP contribution in [0.1, 0.15) is 28.8 Å². The van der Waals surface area contributed by atoms with Gasteiger partial charge < -0.3 is 15.5 Å². The molecule has 0 saturated heterocycles. The van der Waals surface area contributed by atoms with Crippen LogP contribution in [-0.2, 0) is 0 Å². The Hall–Kier alpha value is -1.31. The number of nitrogens with zero attached hydrogens (tertiary/aromatic N) is 1. The molecule has 0 aliphatic rings. The van der Waals surface area contributed by atoms with Gasteiger partial charge in [-0.3, -0.25) is 4.79 Å². The zero-order valence-electron chi connectivity index (χ0n) is 11.5. The number of thioether (sulfide) groups is 1. The second-order valence-corrected chi connectivity index (χ2v) is 6.32. The third-order valence-electron chi connectivity index (χ3n) is 2.79. The molecule has 0 saturated carbocycles. The summed E-state index contributed by atoms with van der Waals surface area (Å²) in [6, 6.07) is 7.04. The Morgan fingerprint density at radius 1 is 1.57 bits per heavy atom. The molecule has 0 aliphatic carbocycles. The summed E-state index contributed by atoms with van der Waals surface area (Å²) in [7, 11) is 0. The fraction of sp³-hybridized carbons (Fsp3) is 0.286. The van der Waals surface area contributed by atoms with Crippen molar-refractivity contribution in [1.29, 1.82) is 0 Å². The van der Waals surface area contributed by atoms with Gasteiger partial charge in [0.25, 0.3) is 5.91 Å². The van der Waals surface area contributed by atoms with Crippen molar-refractivity contribution < 1.29 is 9.21 Å². The summed E-state index contributed by atoms with van der Waals surface area (Å²) in [5.41, 5.74) is 6.87. The molecule has 0 bridgehead atoms. The minimum absolute atomic E-state index is 0.226. The first-order valence-corrected chi connectivity index (χ1v) is 8.55. The first-order chi connectivity index (χ1) is 10.1. The minimum atomic E-state index is -0.319. The van der Waals surface area contributed by atoms with Crippen molar-refractivity contribution in [2.45, 2.75) is 12.5 Å². The third-order valence-corrected chi connectivity index (χ3v) is 3.92. The van der Waals surface area contributed by atoms with Gasteiger partial charge in [0, 0.05) is 10.2 Å². The summed E-state index contributed by atoms with van der Waals surface area (Å²) >= 11 is 5.06. The maximum Gasteiger partial charge on any atom is 0.277 e. The van der Waals surface area contributed by atoms with Crippen LogP contribution in [0, 0.1) is 0 Å². The van der Waals surface area contributed by atoms with Crippen LogP contribution in [-0.4, -0.2) is 22.9 Å². The lowest BCUT2D eigenvalue weighted by Crippen LogP contribution is -2.14. The Kier molecular flexibility index (Phi) is 5.84. The predicted octanol–water partition coefficient (Wildman–Crippen LogP) is 3.44. The van der Waals surface area contributed by atoms with Crippen LogP contribution in [0.2, 0.25) is 0 Å². The van der Waals surface area contributed by atoms with E-state index in [0.29, 0.717) is 11.6 Å². The molecule has 7 heteroatoms.